The van der Waals surface area contributed by atoms with Crippen molar-refractivity contribution in [3.8, 4) is 0 Å². The van der Waals surface area contributed by atoms with Gasteiger partial charge in [0.15, 0.2) is 0 Å². The van der Waals surface area contributed by atoms with E-state index in [0.717, 1.165) is 4.90 Å². The summed E-state index contributed by atoms with van der Waals surface area (Å²) >= 11 is 0. The SMILES string of the molecule is Cc1cc(F)ccc1[C@@H]1C[C@H](COCN)CCN1C(=O)N(C)[C@@H](C)c1cc(C(F)(F)F)cc(C(F)(F)F)c1. The van der Waals surface area contributed by atoms with E-state index in [2.05, 4.69) is 0 Å². The Morgan fingerprint density at radius 1 is 1.11 bits per heavy atom. The minimum Gasteiger partial charge on any atom is -0.366 e. The molecule has 38 heavy (non-hydrogen) atoms. The minimum absolute atomic E-state index is 0.0243. The number of aryl methyl sites for hydroxylation is 1. The number of carbonyl (C=O) groups excluding carboxylic acids is 1. The number of halogens is 7. The first-order valence-electron chi connectivity index (χ1n) is 12.0. The highest BCUT2D eigenvalue weighted by Gasteiger charge is 2.39. The summed E-state index contributed by atoms with van der Waals surface area (Å²) < 4.78 is 99.4. The molecule has 0 aromatic heterocycles. The number of nitrogens with two attached hydrogens (primary N) is 1. The molecule has 0 bridgehead atoms. The lowest BCUT2D eigenvalue weighted by molar-refractivity contribution is -0.143. The number of benzene rings is 2. The Morgan fingerprint density at radius 2 is 1.71 bits per heavy atom. The highest BCUT2D eigenvalue weighted by molar-refractivity contribution is 5.75. The summed E-state index contributed by atoms with van der Waals surface area (Å²) in [6.45, 7) is 3.71. The maximum Gasteiger partial charge on any atom is 0.416 e. The fraction of sp³-hybridized carbons (Fsp3) is 0.500. The van der Waals surface area contributed by atoms with Gasteiger partial charge in [0.1, 0.15) is 5.82 Å². The summed E-state index contributed by atoms with van der Waals surface area (Å²) in [4.78, 5) is 16.3. The van der Waals surface area contributed by atoms with Crippen molar-refractivity contribution in [3.05, 3.63) is 70.0 Å². The molecule has 0 spiro atoms. The zero-order valence-corrected chi connectivity index (χ0v) is 21.2. The van der Waals surface area contributed by atoms with Crippen molar-refractivity contribution in [1.29, 1.82) is 0 Å². The van der Waals surface area contributed by atoms with E-state index in [0.29, 0.717) is 42.7 Å². The fourth-order valence-electron chi connectivity index (χ4n) is 4.77. The van der Waals surface area contributed by atoms with Crippen LogP contribution in [-0.4, -0.2) is 42.8 Å². The Labute approximate surface area is 216 Å². The van der Waals surface area contributed by atoms with Crippen LogP contribution in [-0.2, 0) is 17.1 Å². The number of ether oxygens (including phenoxy) is 1. The maximum atomic E-state index is 13.8. The number of nitrogens with zero attached hydrogens (tertiary/aromatic N) is 2. The third-order valence-electron chi connectivity index (χ3n) is 6.99. The Balaban J connectivity index is 1.95. The lowest BCUT2D eigenvalue weighted by Crippen LogP contribution is -2.48. The van der Waals surface area contributed by atoms with Crippen LogP contribution in [0.2, 0.25) is 0 Å². The summed E-state index contributed by atoms with van der Waals surface area (Å²) in [6.07, 6.45) is -9.00. The molecule has 1 heterocycles. The van der Waals surface area contributed by atoms with Crippen molar-refractivity contribution in [2.24, 2.45) is 11.7 Å². The van der Waals surface area contributed by atoms with Crippen LogP contribution < -0.4 is 5.73 Å². The van der Waals surface area contributed by atoms with Gasteiger partial charge >= 0.3 is 18.4 Å². The van der Waals surface area contributed by atoms with E-state index in [1.807, 2.05) is 0 Å². The second-order valence-corrected chi connectivity index (χ2v) is 9.55. The van der Waals surface area contributed by atoms with Crippen LogP contribution in [0.3, 0.4) is 0 Å². The number of piperidine rings is 1. The summed E-state index contributed by atoms with van der Waals surface area (Å²) in [7, 11) is 1.33. The van der Waals surface area contributed by atoms with Gasteiger partial charge in [0, 0.05) is 13.6 Å². The molecular formula is C26H30F7N3O2. The van der Waals surface area contributed by atoms with Gasteiger partial charge in [-0.1, -0.05) is 6.07 Å². The second kappa shape index (κ2) is 11.5. The maximum absolute atomic E-state index is 13.8. The predicted molar refractivity (Wildman–Crippen MR) is 126 cm³/mol. The number of carbonyl (C=O) groups is 1. The summed E-state index contributed by atoms with van der Waals surface area (Å²) in [5.41, 5.74) is 3.54. The highest BCUT2D eigenvalue weighted by atomic mass is 19.4. The molecule has 1 aliphatic heterocycles. The van der Waals surface area contributed by atoms with E-state index in [-0.39, 0.29) is 30.8 Å². The van der Waals surface area contributed by atoms with Gasteiger partial charge in [0.25, 0.3) is 0 Å². The molecule has 3 rings (SSSR count). The van der Waals surface area contributed by atoms with Crippen molar-refractivity contribution in [1.82, 2.24) is 9.80 Å². The summed E-state index contributed by atoms with van der Waals surface area (Å²) in [5.74, 6) is -0.406. The molecule has 2 amide bonds. The predicted octanol–water partition coefficient (Wildman–Crippen LogP) is 6.67. The van der Waals surface area contributed by atoms with Gasteiger partial charge in [-0.2, -0.15) is 26.3 Å². The van der Waals surface area contributed by atoms with Crippen LogP contribution in [0.25, 0.3) is 0 Å². The molecule has 0 unspecified atom stereocenters. The van der Waals surface area contributed by atoms with Crippen molar-refractivity contribution >= 4 is 6.03 Å². The second-order valence-electron chi connectivity index (χ2n) is 9.55. The van der Waals surface area contributed by atoms with Crippen LogP contribution in [0, 0.1) is 18.7 Å². The molecule has 1 aliphatic rings. The third kappa shape index (κ3) is 6.76. The standard InChI is InChI=1S/C26H30F7N3O2/c1-15-8-21(27)4-5-22(15)23-9-17(13-38-14-34)6-7-36(23)24(37)35(3)16(2)18-10-19(25(28,29)30)12-20(11-18)26(31,32)33/h4-5,8,10-12,16-17,23H,6-7,9,13-14,34H2,1-3H3/t16-,17+,23-/m0/s1. The zero-order chi connectivity index (χ0) is 28.4. The first-order valence-corrected chi connectivity index (χ1v) is 12.0. The molecule has 1 saturated heterocycles. The van der Waals surface area contributed by atoms with Gasteiger partial charge in [0.2, 0.25) is 0 Å². The number of hydrogen-bond donors (Lipinski definition) is 1. The normalized spacial score (nSPS) is 19.4. The molecule has 1 fully saturated rings. The molecule has 2 aromatic carbocycles. The van der Waals surface area contributed by atoms with Gasteiger partial charge in [-0.15, -0.1) is 0 Å². The van der Waals surface area contributed by atoms with Crippen molar-refractivity contribution in [3.63, 3.8) is 0 Å². The number of alkyl halides is 6. The quantitative estimate of drug-likeness (QED) is 0.324. The average molecular weight is 550 g/mol. The van der Waals surface area contributed by atoms with Crippen molar-refractivity contribution in [2.75, 3.05) is 26.9 Å². The van der Waals surface area contributed by atoms with Crippen LogP contribution in [0.1, 0.15) is 59.7 Å². The summed E-state index contributed by atoms with van der Waals surface area (Å²) in [6, 6.07) is 3.31. The third-order valence-corrected chi connectivity index (χ3v) is 6.99. The van der Waals surface area contributed by atoms with Crippen LogP contribution in [0.15, 0.2) is 36.4 Å². The Morgan fingerprint density at radius 3 is 2.24 bits per heavy atom. The van der Waals surface area contributed by atoms with Gasteiger partial charge < -0.3 is 20.3 Å². The molecule has 0 aliphatic carbocycles. The fourth-order valence-corrected chi connectivity index (χ4v) is 4.77. The number of urea groups is 1. The van der Waals surface area contributed by atoms with Crippen molar-refractivity contribution < 1.29 is 40.3 Å². The number of likely N-dealkylation sites (tertiary alicyclic amines) is 1. The largest absolute Gasteiger partial charge is 0.416 e. The molecular weight excluding hydrogens is 519 g/mol. The number of rotatable bonds is 6. The van der Waals surface area contributed by atoms with Gasteiger partial charge in [0.05, 0.1) is 36.5 Å². The van der Waals surface area contributed by atoms with E-state index < -0.39 is 47.4 Å². The molecule has 0 radical (unpaired) electrons. The molecule has 3 atom stereocenters. The Bertz CT molecular complexity index is 1100. The van der Waals surface area contributed by atoms with E-state index in [1.54, 1.807) is 13.0 Å². The molecule has 2 N–H and O–H groups in total. The van der Waals surface area contributed by atoms with Gasteiger partial charge in [-0.3, -0.25) is 0 Å². The molecule has 210 valence electrons. The van der Waals surface area contributed by atoms with E-state index >= 15 is 0 Å². The van der Waals surface area contributed by atoms with Crippen LogP contribution in [0.5, 0.6) is 0 Å². The van der Waals surface area contributed by atoms with Gasteiger partial charge in [-0.05, 0) is 79.6 Å². The van der Waals surface area contributed by atoms with Crippen LogP contribution >= 0.6 is 0 Å². The highest BCUT2D eigenvalue weighted by Crippen LogP contribution is 2.40. The first-order chi connectivity index (χ1) is 17.6. The van der Waals surface area contributed by atoms with Crippen molar-refractivity contribution in [2.45, 2.75) is 51.1 Å². The Hall–Kier alpha value is -2.86. The van der Waals surface area contributed by atoms with E-state index in [4.69, 9.17) is 10.5 Å². The van der Waals surface area contributed by atoms with E-state index in [9.17, 15) is 35.5 Å². The minimum atomic E-state index is -5.00. The number of amides is 2. The van der Waals surface area contributed by atoms with Crippen LogP contribution in [0.4, 0.5) is 35.5 Å². The smallest absolute Gasteiger partial charge is 0.366 e. The van der Waals surface area contributed by atoms with Gasteiger partial charge in [-0.25, -0.2) is 9.18 Å². The average Bonchev–Trinajstić information content (AvgIpc) is 2.84. The Kier molecular flexibility index (Phi) is 8.97. The zero-order valence-electron chi connectivity index (χ0n) is 21.2. The molecule has 0 saturated carbocycles. The molecule has 2 aromatic rings. The molecule has 12 heteroatoms. The topological polar surface area (TPSA) is 58.8 Å². The number of hydrogen-bond acceptors (Lipinski definition) is 3. The monoisotopic (exact) mass is 549 g/mol. The lowest BCUT2D eigenvalue weighted by Gasteiger charge is -2.43. The molecule has 5 nitrogen and oxygen atoms in total. The van der Waals surface area contributed by atoms with E-state index in [1.165, 1.54) is 31.0 Å². The lowest BCUT2D eigenvalue weighted by atomic mass is 9.86. The summed E-state index contributed by atoms with van der Waals surface area (Å²) in [5, 5.41) is 0. The first kappa shape index (κ1) is 29.7.